The van der Waals surface area contributed by atoms with Gasteiger partial charge in [0.2, 0.25) is 0 Å². The average Bonchev–Trinajstić information content (AvgIpc) is 2.74. The van der Waals surface area contributed by atoms with Crippen molar-refractivity contribution in [2.45, 2.75) is 11.4 Å². The van der Waals surface area contributed by atoms with Crippen LogP contribution in [0.1, 0.15) is 10.9 Å². The van der Waals surface area contributed by atoms with Crippen LogP contribution in [0, 0.1) is 7.14 Å². The van der Waals surface area contributed by atoms with Gasteiger partial charge in [0.1, 0.15) is 11.8 Å². The summed E-state index contributed by atoms with van der Waals surface area (Å²) in [7, 11) is 0. The summed E-state index contributed by atoms with van der Waals surface area (Å²) >= 11 is 5.72. The maximum atomic E-state index is 10.8. The smallest absolute Gasteiger partial charge is 0.321 e. The summed E-state index contributed by atoms with van der Waals surface area (Å²) in [5, 5.41) is 21.6. The molecule has 0 aliphatic carbocycles. The van der Waals surface area contributed by atoms with E-state index in [-0.39, 0.29) is 11.1 Å². The van der Waals surface area contributed by atoms with Crippen molar-refractivity contribution in [3.8, 4) is 5.75 Å². The maximum Gasteiger partial charge on any atom is 0.321 e. The average molecular weight is 477 g/mol. The van der Waals surface area contributed by atoms with Gasteiger partial charge in [0.25, 0.3) is 0 Å². The van der Waals surface area contributed by atoms with E-state index in [1.807, 2.05) is 12.1 Å². The second kappa shape index (κ2) is 5.49. The van der Waals surface area contributed by atoms with Crippen LogP contribution in [0.15, 0.2) is 12.1 Å². The number of benzene rings is 1. The molecular formula is C10H9I2NO3S. The van der Waals surface area contributed by atoms with Crippen molar-refractivity contribution < 1.29 is 15.0 Å². The molecule has 4 nitrogen and oxygen atoms in total. The zero-order valence-electron chi connectivity index (χ0n) is 8.48. The molecule has 3 N–H and O–H groups in total. The quantitative estimate of drug-likeness (QED) is 0.572. The number of aliphatic carboxylic acids is 1. The van der Waals surface area contributed by atoms with E-state index in [1.165, 1.54) is 0 Å². The zero-order chi connectivity index (χ0) is 12.6. The topological polar surface area (TPSA) is 69.6 Å². The lowest BCUT2D eigenvalue weighted by atomic mass is 10.2. The van der Waals surface area contributed by atoms with Gasteiger partial charge in [-0.15, -0.1) is 11.8 Å². The lowest BCUT2D eigenvalue weighted by Crippen LogP contribution is -2.33. The molecule has 1 aromatic rings. The molecule has 1 aliphatic heterocycles. The van der Waals surface area contributed by atoms with Gasteiger partial charge in [-0.25, -0.2) is 0 Å². The minimum Gasteiger partial charge on any atom is -0.506 e. The van der Waals surface area contributed by atoms with Gasteiger partial charge < -0.3 is 10.2 Å². The third-order valence-corrected chi connectivity index (χ3v) is 5.33. The van der Waals surface area contributed by atoms with Crippen LogP contribution in [0.4, 0.5) is 0 Å². The van der Waals surface area contributed by atoms with Crippen molar-refractivity contribution in [3.63, 3.8) is 0 Å². The van der Waals surface area contributed by atoms with Gasteiger partial charge in [0, 0.05) is 5.75 Å². The second-order valence-electron chi connectivity index (χ2n) is 3.60. The first-order chi connectivity index (χ1) is 7.99. The summed E-state index contributed by atoms with van der Waals surface area (Å²) in [6.45, 7) is 0. The molecule has 0 amide bonds. The number of nitrogens with one attached hydrogen (secondary N) is 1. The molecular weight excluding hydrogens is 468 g/mol. The number of rotatable bonds is 2. The van der Waals surface area contributed by atoms with Crippen LogP contribution in [-0.4, -0.2) is 28.0 Å². The summed E-state index contributed by atoms with van der Waals surface area (Å²) in [4.78, 5) is 10.8. The number of hydrogen-bond acceptors (Lipinski definition) is 4. The van der Waals surface area contributed by atoms with Crippen molar-refractivity contribution in [3.05, 3.63) is 24.8 Å². The molecule has 1 fully saturated rings. The van der Waals surface area contributed by atoms with Gasteiger partial charge >= 0.3 is 5.97 Å². The molecule has 0 spiro atoms. The Morgan fingerprint density at radius 1 is 1.41 bits per heavy atom. The standard InChI is InChI=1S/C10H9I2NO3S/c11-5-1-4(2-6(12)8(5)14)9-13-7(3-17-9)10(15)16/h1-2,7,9,13-14H,3H2,(H,15,16)/t7-,9-/m0/s1. The summed E-state index contributed by atoms with van der Waals surface area (Å²) in [5.41, 5.74) is 1.00. The number of phenolic OH excluding ortho intramolecular Hbond substituents is 1. The first kappa shape index (κ1) is 13.7. The largest absolute Gasteiger partial charge is 0.506 e. The molecule has 0 radical (unpaired) electrons. The molecule has 7 heteroatoms. The summed E-state index contributed by atoms with van der Waals surface area (Å²) in [5.74, 6) is 0.0320. The highest BCUT2D eigenvalue weighted by Gasteiger charge is 2.30. The third-order valence-electron chi connectivity index (χ3n) is 2.42. The van der Waals surface area contributed by atoms with Crippen molar-refractivity contribution in [2.75, 3.05) is 5.75 Å². The lowest BCUT2D eigenvalue weighted by molar-refractivity contribution is -0.138. The normalized spacial score (nSPS) is 23.9. The number of carboxylic acids is 1. The monoisotopic (exact) mass is 477 g/mol. The Balaban J connectivity index is 2.22. The predicted molar refractivity (Wildman–Crippen MR) is 83.3 cm³/mol. The van der Waals surface area contributed by atoms with E-state index in [2.05, 4.69) is 50.5 Å². The highest BCUT2D eigenvalue weighted by Crippen LogP contribution is 2.37. The van der Waals surface area contributed by atoms with E-state index in [0.717, 1.165) is 12.7 Å². The van der Waals surface area contributed by atoms with Gasteiger partial charge in [-0.05, 0) is 62.9 Å². The highest BCUT2D eigenvalue weighted by atomic mass is 127. The fourth-order valence-corrected chi connectivity index (χ4v) is 4.57. The highest BCUT2D eigenvalue weighted by molar-refractivity contribution is 14.1. The van der Waals surface area contributed by atoms with Gasteiger partial charge in [0.05, 0.1) is 12.5 Å². The fourth-order valence-electron chi connectivity index (χ4n) is 1.54. The minimum atomic E-state index is -0.817. The SMILES string of the molecule is O=C(O)[C@@H]1CS[C@@H](c2cc(I)c(O)c(I)c2)N1. The molecule has 0 saturated carbocycles. The molecule has 0 unspecified atom stereocenters. The Morgan fingerprint density at radius 2 is 2.00 bits per heavy atom. The Kier molecular flexibility index (Phi) is 4.42. The summed E-state index contributed by atoms with van der Waals surface area (Å²) < 4.78 is 1.57. The molecule has 1 heterocycles. The molecule has 2 rings (SSSR count). The first-order valence-electron chi connectivity index (χ1n) is 4.77. The Hall–Kier alpha value is 0.260. The molecule has 0 bridgehead atoms. The third kappa shape index (κ3) is 2.99. The molecule has 1 saturated heterocycles. The number of hydrogen-bond donors (Lipinski definition) is 3. The van der Waals surface area contributed by atoms with E-state index in [1.54, 1.807) is 11.8 Å². The van der Waals surface area contributed by atoms with Crippen molar-refractivity contribution >= 4 is 62.9 Å². The van der Waals surface area contributed by atoms with Crippen LogP contribution in [-0.2, 0) is 4.79 Å². The van der Waals surface area contributed by atoms with Gasteiger partial charge in [0.15, 0.2) is 0 Å². The van der Waals surface area contributed by atoms with Crippen molar-refractivity contribution in [1.29, 1.82) is 0 Å². The van der Waals surface area contributed by atoms with E-state index in [4.69, 9.17) is 5.11 Å². The van der Waals surface area contributed by atoms with Crippen LogP contribution in [0.5, 0.6) is 5.75 Å². The first-order valence-corrected chi connectivity index (χ1v) is 7.98. The van der Waals surface area contributed by atoms with E-state index < -0.39 is 12.0 Å². The number of carbonyl (C=O) groups is 1. The Morgan fingerprint density at radius 3 is 2.47 bits per heavy atom. The summed E-state index contributed by atoms with van der Waals surface area (Å²) in [6, 6.07) is 3.27. The Labute approximate surface area is 130 Å². The fraction of sp³-hybridized carbons (Fsp3) is 0.300. The molecule has 1 aliphatic rings. The van der Waals surface area contributed by atoms with Crippen LogP contribution in [0.25, 0.3) is 0 Å². The van der Waals surface area contributed by atoms with Gasteiger partial charge in [-0.3, -0.25) is 10.1 Å². The van der Waals surface area contributed by atoms with Gasteiger partial charge in [-0.2, -0.15) is 0 Å². The second-order valence-corrected chi connectivity index (χ2v) is 7.07. The molecule has 1 aromatic carbocycles. The van der Waals surface area contributed by atoms with Crippen LogP contribution in [0.2, 0.25) is 0 Å². The van der Waals surface area contributed by atoms with E-state index in [0.29, 0.717) is 5.75 Å². The van der Waals surface area contributed by atoms with Gasteiger partial charge in [-0.1, -0.05) is 0 Å². The maximum absolute atomic E-state index is 10.8. The molecule has 92 valence electrons. The zero-order valence-corrected chi connectivity index (χ0v) is 13.6. The molecule has 2 atom stereocenters. The number of thioether (sulfide) groups is 1. The van der Waals surface area contributed by atoms with E-state index in [9.17, 15) is 9.90 Å². The number of halogens is 2. The van der Waals surface area contributed by atoms with Crippen LogP contribution in [0.3, 0.4) is 0 Å². The minimum absolute atomic E-state index is 0.0151. The number of aromatic hydroxyl groups is 1. The van der Waals surface area contributed by atoms with Crippen molar-refractivity contribution in [1.82, 2.24) is 5.32 Å². The van der Waals surface area contributed by atoms with Crippen LogP contribution >= 0.6 is 56.9 Å². The van der Waals surface area contributed by atoms with Crippen LogP contribution < -0.4 is 5.32 Å². The van der Waals surface area contributed by atoms with Crippen molar-refractivity contribution in [2.24, 2.45) is 0 Å². The van der Waals surface area contributed by atoms with E-state index >= 15 is 0 Å². The molecule has 17 heavy (non-hydrogen) atoms. The Bertz CT molecular complexity index is 446. The number of phenols is 1. The lowest BCUT2D eigenvalue weighted by Gasteiger charge is -2.13. The number of carboxylic acid groups (broad SMARTS) is 1. The molecule has 0 aromatic heterocycles. The summed E-state index contributed by atoms with van der Waals surface area (Å²) in [6.07, 6.45) is 0. The predicted octanol–water partition coefficient (Wildman–Crippen LogP) is 2.39.